The maximum absolute atomic E-state index is 12.5. The average molecular weight is 388 g/mol. The molecule has 152 valence electrons. The molecule has 1 saturated carbocycles. The molecular weight excluding hydrogens is 360 g/mol. The van der Waals surface area contributed by atoms with E-state index < -0.39 is 11.7 Å². The van der Waals surface area contributed by atoms with Gasteiger partial charge in [0.2, 0.25) is 0 Å². The van der Waals surface area contributed by atoms with E-state index >= 15 is 0 Å². The molecule has 0 spiro atoms. The fourth-order valence-corrected chi connectivity index (χ4v) is 2.83. The second-order valence-corrected chi connectivity index (χ2v) is 7.67. The Morgan fingerprint density at radius 1 is 1.21 bits per heavy atom. The van der Waals surface area contributed by atoms with E-state index in [0.717, 1.165) is 10.6 Å². The number of Topliss-reactive ketones (excluding diaryl/α,β-unsaturated/α-hetero) is 1. The maximum atomic E-state index is 12.5. The number of amides is 1. The number of carbonyl (C=O) groups is 2. The van der Waals surface area contributed by atoms with E-state index in [2.05, 4.69) is 5.10 Å². The Morgan fingerprint density at radius 2 is 1.86 bits per heavy atom. The highest BCUT2D eigenvalue weighted by atomic mass is 16.6. The van der Waals surface area contributed by atoms with Crippen LogP contribution in [0, 0.1) is 0 Å². The normalized spacial score (nSPS) is 18.0. The van der Waals surface area contributed by atoms with Gasteiger partial charge in [0, 0.05) is 19.9 Å². The van der Waals surface area contributed by atoms with Gasteiger partial charge in [-0.3, -0.25) is 4.79 Å². The number of hydrogen-bond donors (Lipinski definition) is 1. The Morgan fingerprint density at radius 3 is 2.43 bits per heavy atom. The number of methoxy groups -OCH3 is 1. The van der Waals surface area contributed by atoms with E-state index in [1.54, 1.807) is 40.0 Å². The highest BCUT2D eigenvalue weighted by Crippen LogP contribution is 2.24. The molecule has 28 heavy (non-hydrogen) atoms. The number of carbonyl (C=O) groups excluding carboxylic acids is 2. The Balaban J connectivity index is 2.27. The summed E-state index contributed by atoms with van der Waals surface area (Å²) < 4.78 is 10.4. The molecule has 0 saturated heterocycles. The van der Waals surface area contributed by atoms with Gasteiger partial charge in [0.25, 0.3) is 0 Å². The average Bonchev–Trinajstić information content (AvgIpc) is 2.61. The van der Waals surface area contributed by atoms with Crippen LogP contribution in [0.3, 0.4) is 0 Å². The molecule has 1 aliphatic carbocycles. The topological polar surface area (TPSA) is 88.4 Å². The smallest absolute Gasteiger partial charge is 0.430 e. The molecule has 2 rings (SSSR count). The summed E-state index contributed by atoms with van der Waals surface area (Å²) in [6.07, 6.45) is 1.05. The van der Waals surface area contributed by atoms with E-state index in [1.165, 1.54) is 7.05 Å². The number of allylic oxidation sites excluding steroid dienone is 2. The lowest BCUT2D eigenvalue weighted by atomic mass is 9.89. The Kier molecular flexibility index (Phi) is 6.83. The van der Waals surface area contributed by atoms with Crippen LogP contribution in [0.1, 0.15) is 45.6 Å². The molecule has 1 amide bonds. The SMILES string of the molecule is COc1ccc(CC(O)=C2C(=O)CCCC2=NN(C)C(=O)OC(C)(C)C)cc1. The molecule has 0 atom stereocenters. The first-order valence-electron chi connectivity index (χ1n) is 9.23. The van der Waals surface area contributed by atoms with E-state index in [1.807, 2.05) is 12.1 Å². The van der Waals surface area contributed by atoms with Gasteiger partial charge in [0.15, 0.2) is 5.78 Å². The Labute approximate surface area is 165 Å². The third-order valence-corrected chi connectivity index (χ3v) is 4.13. The number of aliphatic hydroxyl groups is 1. The van der Waals surface area contributed by atoms with Gasteiger partial charge in [-0.05, 0) is 51.3 Å². The van der Waals surface area contributed by atoms with Crippen molar-refractivity contribution >= 4 is 17.6 Å². The van der Waals surface area contributed by atoms with Crippen molar-refractivity contribution < 1.29 is 24.2 Å². The van der Waals surface area contributed by atoms with Crippen LogP contribution in [0.15, 0.2) is 40.7 Å². The highest BCUT2D eigenvalue weighted by Gasteiger charge is 2.27. The van der Waals surface area contributed by atoms with Crippen molar-refractivity contribution in [3.8, 4) is 5.75 Å². The number of rotatable bonds is 4. The maximum Gasteiger partial charge on any atom is 0.430 e. The minimum absolute atomic E-state index is 0.0498. The molecule has 0 unspecified atom stereocenters. The first-order chi connectivity index (χ1) is 13.1. The van der Waals surface area contributed by atoms with Crippen LogP contribution < -0.4 is 4.74 Å². The molecule has 1 aromatic carbocycles. The van der Waals surface area contributed by atoms with Crippen LogP contribution in [-0.4, -0.2) is 47.5 Å². The van der Waals surface area contributed by atoms with Crippen LogP contribution in [0.25, 0.3) is 0 Å². The van der Waals surface area contributed by atoms with Gasteiger partial charge in [-0.25, -0.2) is 9.80 Å². The molecule has 1 aliphatic rings. The lowest BCUT2D eigenvalue weighted by Gasteiger charge is -2.24. The molecular formula is C21H28N2O5. The van der Waals surface area contributed by atoms with Crippen LogP contribution >= 0.6 is 0 Å². The molecule has 0 bridgehead atoms. The lowest BCUT2D eigenvalue weighted by molar-refractivity contribution is -0.115. The monoisotopic (exact) mass is 388 g/mol. The summed E-state index contributed by atoms with van der Waals surface area (Å²) in [7, 11) is 3.05. The standard InChI is InChI=1S/C21H28N2O5/c1-21(2,3)28-20(26)23(4)22-16-7-6-8-17(24)19(16)18(25)13-14-9-11-15(27-5)12-10-14/h9-12,25H,6-8,13H2,1-5H3. The number of benzene rings is 1. The molecule has 0 aromatic heterocycles. The first-order valence-corrected chi connectivity index (χ1v) is 9.23. The lowest BCUT2D eigenvalue weighted by Crippen LogP contribution is -2.33. The van der Waals surface area contributed by atoms with Crippen molar-refractivity contribution in [1.29, 1.82) is 0 Å². The van der Waals surface area contributed by atoms with Crippen LogP contribution in [0.5, 0.6) is 5.75 Å². The number of ether oxygens (including phenoxy) is 2. The summed E-state index contributed by atoms with van der Waals surface area (Å²) in [4.78, 5) is 24.6. The number of aliphatic hydroxyl groups excluding tert-OH is 1. The largest absolute Gasteiger partial charge is 0.511 e. The van der Waals surface area contributed by atoms with Crippen molar-refractivity contribution in [3.63, 3.8) is 0 Å². The van der Waals surface area contributed by atoms with E-state index in [-0.39, 0.29) is 23.5 Å². The predicted octanol–water partition coefficient (Wildman–Crippen LogP) is 4.03. The van der Waals surface area contributed by atoms with Crippen LogP contribution in [0.4, 0.5) is 4.79 Å². The quantitative estimate of drug-likeness (QED) is 0.478. The molecule has 1 N–H and O–H groups in total. The zero-order valence-electron chi connectivity index (χ0n) is 17.1. The number of nitrogens with zero attached hydrogens (tertiary/aromatic N) is 2. The molecule has 0 radical (unpaired) electrons. The summed E-state index contributed by atoms with van der Waals surface area (Å²) in [5.41, 5.74) is 0.778. The Bertz CT molecular complexity index is 788. The molecule has 7 heteroatoms. The van der Waals surface area contributed by atoms with Crippen LogP contribution in [-0.2, 0) is 16.0 Å². The number of hydrogen-bond acceptors (Lipinski definition) is 6. The predicted molar refractivity (Wildman–Crippen MR) is 107 cm³/mol. The van der Waals surface area contributed by atoms with E-state index in [0.29, 0.717) is 30.7 Å². The molecule has 0 aliphatic heterocycles. The van der Waals surface area contributed by atoms with Crippen molar-refractivity contribution in [1.82, 2.24) is 5.01 Å². The fourth-order valence-electron chi connectivity index (χ4n) is 2.83. The second-order valence-electron chi connectivity index (χ2n) is 7.67. The van der Waals surface area contributed by atoms with Crippen molar-refractivity contribution in [2.24, 2.45) is 5.10 Å². The van der Waals surface area contributed by atoms with Gasteiger partial charge < -0.3 is 14.6 Å². The van der Waals surface area contributed by atoms with Crippen LogP contribution in [0.2, 0.25) is 0 Å². The Hall–Kier alpha value is -2.83. The molecule has 0 heterocycles. The van der Waals surface area contributed by atoms with Crippen molar-refractivity contribution in [2.75, 3.05) is 14.2 Å². The van der Waals surface area contributed by atoms with E-state index in [9.17, 15) is 14.7 Å². The van der Waals surface area contributed by atoms with Gasteiger partial charge >= 0.3 is 6.09 Å². The van der Waals surface area contributed by atoms with Gasteiger partial charge in [0.05, 0.1) is 18.4 Å². The molecule has 7 nitrogen and oxygen atoms in total. The van der Waals surface area contributed by atoms with Crippen molar-refractivity contribution in [3.05, 3.63) is 41.2 Å². The molecule has 1 aromatic rings. The summed E-state index contributed by atoms with van der Waals surface area (Å²) in [5.74, 6) is 0.491. The van der Waals surface area contributed by atoms with Crippen molar-refractivity contribution in [2.45, 2.75) is 52.1 Å². The number of ketones is 1. The summed E-state index contributed by atoms with van der Waals surface area (Å²) in [6, 6.07) is 7.24. The summed E-state index contributed by atoms with van der Waals surface area (Å²) in [6.45, 7) is 5.30. The van der Waals surface area contributed by atoms with Gasteiger partial charge in [-0.2, -0.15) is 5.10 Å². The minimum Gasteiger partial charge on any atom is -0.511 e. The summed E-state index contributed by atoms with van der Waals surface area (Å²) in [5, 5.41) is 16.0. The summed E-state index contributed by atoms with van der Waals surface area (Å²) >= 11 is 0. The van der Waals surface area contributed by atoms with E-state index in [4.69, 9.17) is 9.47 Å². The van der Waals surface area contributed by atoms with Gasteiger partial charge in [-0.15, -0.1) is 0 Å². The zero-order chi connectivity index (χ0) is 20.9. The van der Waals surface area contributed by atoms with Gasteiger partial charge in [0.1, 0.15) is 17.1 Å². The zero-order valence-corrected chi connectivity index (χ0v) is 17.1. The van der Waals surface area contributed by atoms with Gasteiger partial charge in [-0.1, -0.05) is 12.1 Å². The third kappa shape index (κ3) is 5.84. The minimum atomic E-state index is -0.650. The second kappa shape index (κ2) is 8.91. The first kappa shape index (κ1) is 21.5. The molecule has 1 fully saturated rings. The number of hydrazone groups is 1. The highest BCUT2D eigenvalue weighted by molar-refractivity contribution is 6.24. The fraction of sp³-hybridized carbons (Fsp3) is 0.476. The third-order valence-electron chi connectivity index (χ3n) is 4.13.